The van der Waals surface area contributed by atoms with E-state index in [2.05, 4.69) is 31.3 Å². The molecule has 0 radical (unpaired) electrons. The van der Waals surface area contributed by atoms with Gasteiger partial charge in [0.15, 0.2) is 0 Å². The minimum Gasteiger partial charge on any atom is -0.497 e. The molecule has 3 heteroatoms. The van der Waals surface area contributed by atoms with Crippen LogP contribution in [0.4, 0.5) is 0 Å². The van der Waals surface area contributed by atoms with E-state index in [4.69, 9.17) is 9.47 Å². The number of nitrogens with one attached hydrogen (secondary N) is 1. The normalized spacial score (nSPS) is 27.9. The van der Waals surface area contributed by atoms with Crippen LogP contribution in [0.2, 0.25) is 0 Å². The lowest BCUT2D eigenvalue weighted by atomic mass is 9.81. The Hall–Kier alpha value is -1.22. The van der Waals surface area contributed by atoms with Crippen molar-refractivity contribution in [2.75, 3.05) is 13.7 Å². The SMILES string of the molecule is CCCNC1CC(CC)(C2CC2)Oc2ccc(OC)cc21. The molecule has 2 aliphatic rings. The van der Waals surface area contributed by atoms with Crippen molar-refractivity contribution in [1.29, 1.82) is 0 Å². The summed E-state index contributed by atoms with van der Waals surface area (Å²) in [6, 6.07) is 6.61. The Morgan fingerprint density at radius 2 is 2.14 bits per heavy atom. The van der Waals surface area contributed by atoms with Crippen molar-refractivity contribution in [2.24, 2.45) is 5.92 Å². The average molecular weight is 289 g/mol. The van der Waals surface area contributed by atoms with E-state index in [1.165, 1.54) is 18.4 Å². The summed E-state index contributed by atoms with van der Waals surface area (Å²) < 4.78 is 11.9. The summed E-state index contributed by atoms with van der Waals surface area (Å²) in [6.45, 7) is 5.53. The van der Waals surface area contributed by atoms with Gasteiger partial charge in [-0.1, -0.05) is 13.8 Å². The molecule has 1 fully saturated rings. The topological polar surface area (TPSA) is 30.5 Å². The highest BCUT2D eigenvalue weighted by molar-refractivity contribution is 5.44. The number of methoxy groups -OCH3 is 1. The van der Waals surface area contributed by atoms with Gasteiger partial charge in [0.2, 0.25) is 0 Å². The minimum atomic E-state index is 0.0347. The van der Waals surface area contributed by atoms with Gasteiger partial charge in [-0.15, -0.1) is 0 Å². The standard InChI is InChI=1S/C18H27NO2/c1-4-10-19-16-12-18(5-2,13-6-7-13)21-17-9-8-14(20-3)11-15(16)17/h8-9,11,13,16,19H,4-7,10,12H2,1-3H3. The third-order valence-corrected chi connectivity index (χ3v) is 5.02. The summed E-state index contributed by atoms with van der Waals surface area (Å²) in [5.74, 6) is 2.70. The fourth-order valence-electron chi connectivity index (χ4n) is 3.60. The van der Waals surface area contributed by atoms with Gasteiger partial charge in [-0.3, -0.25) is 0 Å². The van der Waals surface area contributed by atoms with Gasteiger partial charge in [-0.05, 0) is 56.3 Å². The highest BCUT2D eigenvalue weighted by atomic mass is 16.5. The fourth-order valence-corrected chi connectivity index (χ4v) is 3.60. The molecule has 3 rings (SSSR count). The molecular formula is C18H27NO2. The maximum Gasteiger partial charge on any atom is 0.125 e. The van der Waals surface area contributed by atoms with Crippen LogP contribution in [0.1, 0.15) is 57.6 Å². The summed E-state index contributed by atoms with van der Waals surface area (Å²) >= 11 is 0. The summed E-state index contributed by atoms with van der Waals surface area (Å²) in [5, 5.41) is 3.71. The molecule has 0 saturated heterocycles. The maximum absolute atomic E-state index is 6.51. The smallest absolute Gasteiger partial charge is 0.125 e. The van der Waals surface area contributed by atoms with E-state index in [-0.39, 0.29) is 5.60 Å². The molecule has 0 bridgehead atoms. The molecule has 1 saturated carbocycles. The molecule has 1 aromatic rings. The third-order valence-electron chi connectivity index (χ3n) is 5.02. The molecule has 21 heavy (non-hydrogen) atoms. The van der Waals surface area contributed by atoms with Gasteiger partial charge < -0.3 is 14.8 Å². The molecule has 3 nitrogen and oxygen atoms in total. The first kappa shape index (κ1) is 14.7. The van der Waals surface area contributed by atoms with Gasteiger partial charge in [0.05, 0.1) is 7.11 Å². The largest absolute Gasteiger partial charge is 0.497 e. The summed E-state index contributed by atoms with van der Waals surface area (Å²) in [7, 11) is 1.72. The first-order valence-corrected chi connectivity index (χ1v) is 8.32. The van der Waals surface area contributed by atoms with Crippen molar-refractivity contribution in [1.82, 2.24) is 5.32 Å². The number of hydrogen-bond donors (Lipinski definition) is 1. The van der Waals surface area contributed by atoms with E-state index in [1.54, 1.807) is 7.11 Å². The zero-order valence-electron chi connectivity index (χ0n) is 13.4. The molecule has 0 amide bonds. The summed E-state index contributed by atoms with van der Waals surface area (Å²) in [4.78, 5) is 0. The number of fused-ring (bicyclic) bond motifs is 1. The summed E-state index contributed by atoms with van der Waals surface area (Å²) in [5.41, 5.74) is 1.29. The first-order valence-electron chi connectivity index (χ1n) is 8.32. The van der Waals surface area contributed by atoms with Crippen molar-refractivity contribution in [3.05, 3.63) is 23.8 Å². The monoisotopic (exact) mass is 289 g/mol. The van der Waals surface area contributed by atoms with E-state index >= 15 is 0 Å². The van der Waals surface area contributed by atoms with Crippen molar-refractivity contribution in [2.45, 2.75) is 57.6 Å². The van der Waals surface area contributed by atoms with E-state index < -0.39 is 0 Å². The molecule has 116 valence electrons. The lowest BCUT2D eigenvalue weighted by molar-refractivity contribution is 0.00563. The maximum atomic E-state index is 6.51. The molecule has 0 spiro atoms. The highest BCUT2D eigenvalue weighted by Crippen LogP contribution is 2.52. The van der Waals surface area contributed by atoms with Gasteiger partial charge in [0.1, 0.15) is 17.1 Å². The van der Waals surface area contributed by atoms with E-state index in [0.29, 0.717) is 6.04 Å². The number of rotatable bonds is 6. The molecule has 1 aliphatic carbocycles. The number of hydrogen-bond acceptors (Lipinski definition) is 3. The Kier molecular flexibility index (Phi) is 4.12. The average Bonchev–Trinajstić information content (AvgIpc) is 3.37. The Balaban J connectivity index is 1.93. The second-order valence-electron chi connectivity index (χ2n) is 6.41. The zero-order chi connectivity index (χ0) is 14.9. The predicted molar refractivity (Wildman–Crippen MR) is 85.0 cm³/mol. The van der Waals surface area contributed by atoms with Gasteiger partial charge >= 0.3 is 0 Å². The Morgan fingerprint density at radius 1 is 1.33 bits per heavy atom. The molecule has 1 N–H and O–H groups in total. The van der Waals surface area contributed by atoms with Gasteiger partial charge in [0, 0.05) is 18.0 Å². The lowest BCUT2D eigenvalue weighted by Crippen LogP contribution is -2.45. The van der Waals surface area contributed by atoms with Gasteiger partial charge in [0.25, 0.3) is 0 Å². The molecular weight excluding hydrogens is 262 g/mol. The van der Waals surface area contributed by atoms with Crippen LogP contribution in [-0.2, 0) is 0 Å². The van der Waals surface area contributed by atoms with Crippen LogP contribution in [-0.4, -0.2) is 19.3 Å². The Morgan fingerprint density at radius 3 is 2.76 bits per heavy atom. The Labute approximate surface area is 128 Å². The number of benzene rings is 1. The van der Waals surface area contributed by atoms with Crippen molar-refractivity contribution in [3.8, 4) is 11.5 Å². The van der Waals surface area contributed by atoms with Crippen LogP contribution < -0.4 is 14.8 Å². The van der Waals surface area contributed by atoms with E-state index in [9.17, 15) is 0 Å². The molecule has 1 aromatic carbocycles. The summed E-state index contributed by atoms with van der Waals surface area (Å²) in [6.07, 6.45) is 5.96. The second kappa shape index (κ2) is 5.88. The third kappa shape index (κ3) is 2.76. The fraction of sp³-hybridized carbons (Fsp3) is 0.667. The number of ether oxygens (including phenoxy) is 2. The van der Waals surface area contributed by atoms with Crippen LogP contribution in [0.15, 0.2) is 18.2 Å². The minimum absolute atomic E-state index is 0.0347. The predicted octanol–water partition coefficient (Wildman–Crippen LogP) is 4.08. The van der Waals surface area contributed by atoms with Crippen LogP contribution in [0.3, 0.4) is 0 Å². The van der Waals surface area contributed by atoms with Gasteiger partial charge in [-0.25, -0.2) is 0 Å². The quantitative estimate of drug-likeness (QED) is 0.856. The molecule has 2 unspecified atom stereocenters. The highest BCUT2D eigenvalue weighted by Gasteiger charge is 2.50. The van der Waals surface area contributed by atoms with E-state index in [0.717, 1.165) is 43.2 Å². The van der Waals surface area contributed by atoms with E-state index in [1.807, 2.05) is 6.07 Å². The van der Waals surface area contributed by atoms with Crippen LogP contribution in [0, 0.1) is 5.92 Å². The van der Waals surface area contributed by atoms with Gasteiger partial charge in [-0.2, -0.15) is 0 Å². The van der Waals surface area contributed by atoms with Crippen LogP contribution >= 0.6 is 0 Å². The lowest BCUT2D eigenvalue weighted by Gasteiger charge is -2.43. The zero-order valence-corrected chi connectivity index (χ0v) is 13.4. The molecule has 1 heterocycles. The van der Waals surface area contributed by atoms with Crippen LogP contribution in [0.5, 0.6) is 11.5 Å². The molecule has 2 atom stereocenters. The second-order valence-corrected chi connectivity index (χ2v) is 6.41. The van der Waals surface area contributed by atoms with Crippen molar-refractivity contribution >= 4 is 0 Å². The Bertz CT molecular complexity index is 498. The van der Waals surface area contributed by atoms with Crippen molar-refractivity contribution in [3.63, 3.8) is 0 Å². The van der Waals surface area contributed by atoms with Crippen LogP contribution in [0.25, 0.3) is 0 Å². The van der Waals surface area contributed by atoms with Crippen molar-refractivity contribution < 1.29 is 9.47 Å². The molecule has 1 aliphatic heterocycles. The first-order chi connectivity index (χ1) is 10.2. The molecule has 0 aromatic heterocycles.